The van der Waals surface area contributed by atoms with E-state index in [9.17, 15) is 0 Å². The van der Waals surface area contributed by atoms with Gasteiger partial charge in [0.2, 0.25) is 0 Å². The van der Waals surface area contributed by atoms with Gasteiger partial charge in [-0.25, -0.2) is 0 Å². The van der Waals surface area contributed by atoms with Crippen molar-refractivity contribution in [1.29, 1.82) is 0 Å². The third kappa shape index (κ3) is 37.0. The monoisotopic (exact) mass is 242 g/mol. The zero-order valence-electron chi connectivity index (χ0n) is 8.13. The Bertz CT molecular complexity index is 33.1. The minimum atomic E-state index is 0. The van der Waals surface area contributed by atoms with Gasteiger partial charge in [0, 0.05) is 0 Å². The van der Waals surface area contributed by atoms with Crippen molar-refractivity contribution in [2.45, 2.75) is 27.7 Å². The Morgan fingerprint density at radius 2 is 0.818 bits per heavy atom. The standard InChI is InChI=1S/2C4H10N.Mo/c2*1-3-5-4-2;/h2*3-4H2,1-2H3;/q2*-1;+2. The summed E-state index contributed by atoms with van der Waals surface area (Å²) >= 11 is 0. The third-order valence-corrected chi connectivity index (χ3v) is 0.894. The number of hydrogen-bond donors (Lipinski definition) is 0. The molecule has 0 spiro atoms. The van der Waals surface area contributed by atoms with E-state index in [0.29, 0.717) is 0 Å². The van der Waals surface area contributed by atoms with Crippen LogP contribution in [0, 0.1) is 0 Å². The predicted octanol–water partition coefficient (Wildman–Crippen LogP) is 2.80. The summed E-state index contributed by atoms with van der Waals surface area (Å²) < 4.78 is 0. The van der Waals surface area contributed by atoms with Crippen LogP contribution in [0.4, 0.5) is 0 Å². The Hall–Kier alpha value is 0.608. The summed E-state index contributed by atoms with van der Waals surface area (Å²) in [5.41, 5.74) is 0. The third-order valence-electron chi connectivity index (χ3n) is 0.894. The maximum Gasteiger partial charge on any atom is 2.00 e. The molecule has 0 aromatic carbocycles. The van der Waals surface area contributed by atoms with Crippen LogP contribution in [0.5, 0.6) is 0 Å². The van der Waals surface area contributed by atoms with Crippen molar-refractivity contribution in [3.8, 4) is 0 Å². The van der Waals surface area contributed by atoms with Crippen LogP contribution >= 0.6 is 0 Å². The van der Waals surface area contributed by atoms with Crippen LogP contribution in [0.25, 0.3) is 10.6 Å². The molecule has 0 bridgehead atoms. The van der Waals surface area contributed by atoms with Crippen LogP contribution in [-0.4, -0.2) is 26.2 Å². The van der Waals surface area contributed by atoms with Crippen LogP contribution < -0.4 is 0 Å². The van der Waals surface area contributed by atoms with Gasteiger partial charge in [-0.2, -0.15) is 26.2 Å². The first kappa shape index (κ1) is 17.6. The number of rotatable bonds is 4. The van der Waals surface area contributed by atoms with Gasteiger partial charge in [0.1, 0.15) is 0 Å². The maximum absolute atomic E-state index is 3.97. The summed E-state index contributed by atoms with van der Waals surface area (Å²) in [7, 11) is 0. The quantitative estimate of drug-likeness (QED) is 0.676. The zero-order valence-corrected chi connectivity index (χ0v) is 10.1. The van der Waals surface area contributed by atoms with E-state index in [1.54, 1.807) is 0 Å². The minimum Gasteiger partial charge on any atom is -0.663 e. The van der Waals surface area contributed by atoms with E-state index < -0.39 is 0 Å². The largest absolute Gasteiger partial charge is 2.00 e. The molecule has 0 fully saturated rings. The fourth-order valence-electron chi connectivity index (χ4n) is 0.447. The Morgan fingerprint density at radius 3 is 0.818 bits per heavy atom. The van der Waals surface area contributed by atoms with Crippen LogP contribution in [-0.2, 0) is 21.1 Å². The van der Waals surface area contributed by atoms with Crippen LogP contribution in [0.2, 0.25) is 0 Å². The van der Waals surface area contributed by atoms with Gasteiger partial charge in [-0.05, 0) is 0 Å². The predicted molar refractivity (Wildman–Crippen MR) is 48.9 cm³/mol. The van der Waals surface area contributed by atoms with E-state index in [1.165, 1.54) is 0 Å². The summed E-state index contributed by atoms with van der Waals surface area (Å²) in [5, 5.41) is 7.94. The van der Waals surface area contributed by atoms with Gasteiger partial charge in [-0.1, -0.05) is 27.7 Å². The molecule has 0 aliphatic rings. The average Bonchev–Trinajstić information content (AvgIpc) is 1.93. The second kappa shape index (κ2) is 22.4. The van der Waals surface area contributed by atoms with Crippen molar-refractivity contribution >= 4 is 0 Å². The fourth-order valence-corrected chi connectivity index (χ4v) is 0.447. The van der Waals surface area contributed by atoms with E-state index in [-0.39, 0.29) is 21.1 Å². The molecular formula is C8H20MoN2. The Labute approximate surface area is 85.8 Å². The molecule has 0 aromatic rings. The minimum absolute atomic E-state index is 0. The SMILES string of the molecule is CC[N-]CC.CC[N-]CC.[Mo+2]. The number of nitrogens with zero attached hydrogens (tertiary/aromatic N) is 2. The van der Waals surface area contributed by atoms with Gasteiger partial charge >= 0.3 is 21.1 Å². The summed E-state index contributed by atoms with van der Waals surface area (Å²) in [6.45, 7) is 12.1. The molecule has 0 amide bonds. The normalized spacial score (nSPS) is 7.64. The van der Waals surface area contributed by atoms with Gasteiger partial charge in [0.25, 0.3) is 0 Å². The van der Waals surface area contributed by atoms with E-state index in [2.05, 4.69) is 10.6 Å². The summed E-state index contributed by atoms with van der Waals surface area (Å²) in [4.78, 5) is 0. The number of hydrogen-bond acceptors (Lipinski definition) is 0. The van der Waals surface area contributed by atoms with E-state index in [1.807, 2.05) is 27.7 Å². The van der Waals surface area contributed by atoms with Crippen molar-refractivity contribution in [2.24, 2.45) is 0 Å². The summed E-state index contributed by atoms with van der Waals surface area (Å²) in [5.74, 6) is 0. The molecule has 0 saturated carbocycles. The van der Waals surface area contributed by atoms with Crippen molar-refractivity contribution in [3.63, 3.8) is 0 Å². The molecule has 0 aliphatic carbocycles. The Balaban J connectivity index is -0.000000107. The first-order chi connectivity index (χ1) is 4.83. The molecule has 0 atom stereocenters. The van der Waals surface area contributed by atoms with E-state index in [4.69, 9.17) is 0 Å². The second-order valence-corrected chi connectivity index (χ2v) is 1.71. The maximum atomic E-state index is 3.97. The summed E-state index contributed by atoms with van der Waals surface area (Å²) in [6, 6.07) is 0. The zero-order chi connectivity index (χ0) is 8.24. The molecule has 68 valence electrons. The molecule has 0 heterocycles. The second-order valence-electron chi connectivity index (χ2n) is 1.71. The average molecular weight is 240 g/mol. The van der Waals surface area contributed by atoms with Crippen LogP contribution in [0.3, 0.4) is 0 Å². The van der Waals surface area contributed by atoms with E-state index in [0.717, 1.165) is 26.2 Å². The summed E-state index contributed by atoms with van der Waals surface area (Å²) in [6.07, 6.45) is 0. The molecular weight excluding hydrogens is 220 g/mol. The van der Waals surface area contributed by atoms with Gasteiger partial charge in [-0.15, -0.1) is 0 Å². The molecule has 11 heavy (non-hydrogen) atoms. The molecule has 0 radical (unpaired) electrons. The molecule has 0 unspecified atom stereocenters. The Morgan fingerprint density at radius 1 is 0.636 bits per heavy atom. The molecule has 3 heteroatoms. The van der Waals surface area contributed by atoms with Crippen molar-refractivity contribution in [2.75, 3.05) is 26.2 Å². The van der Waals surface area contributed by atoms with Gasteiger partial charge in [0.15, 0.2) is 0 Å². The molecule has 0 aromatic heterocycles. The first-order valence-corrected chi connectivity index (χ1v) is 4.09. The van der Waals surface area contributed by atoms with Gasteiger partial charge < -0.3 is 10.6 Å². The van der Waals surface area contributed by atoms with Crippen molar-refractivity contribution < 1.29 is 21.1 Å². The molecule has 2 nitrogen and oxygen atoms in total. The smallest absolute Gasteiger partial charge is 0.663 e. The van der Waals surface area contributed by atoms with Gasteiger partial charge in [0.05, 0.1) is 0 Å². The molecule has 0 saturated heterocycles. The fraction of sp³-hybridized carbons (Fsp3) is 1.00. The van der Waals surface area contributed by atoms with Crippen LogP contribution in [0.15, 0.2) is 0 Å². The van der Waals surface area contributed by atoms with Crippen LogP contribution in [0.1, 0.15) is 27.7 Å². The molecule has 0 rings (SSSR count). The van der Waals surface area contributed by atoms with E-state index >= 15 is 0 Å². The first-order valence-electron chi connectivity index (χ1n) is 4.09. The van der Waals surface area contributed by atoms with Crippen molar-refractivity contribution in [1.82, 2.24) is 0 Å². The topological polar surface area (TPSA) is 28.2 Å². The van der Waals surface area contributed by atoms with Gasteiger partial charge in [-0.3, -0.25) is 0 Å². The molecule has 0 aliphatic heterocycles. The Kier molecular flexibility index (Phi) is 35.9. The van der Waals surface area contributed by atoms with Crippen molar-refractivity contribution in [3.05, 3.63) is 10.6 Å². The molecule has 0 N–H and O–H groups in total.